The number of anilines is 1. The van der Waals surface area contributed by atoms with Gasteiger partial charge < -0.3 is 4.74 Å². The van der Waals surface area contributed by atoms with Crippen molar-refractivity contribution >= 4 is 27.2 Å². The van der Waals surface area contributed by atoms with Gasteiger partial charge in [-0.1, -0.05) is 34.6 Å². The number of halogens is 1. The van der Waals surface area contributed by atoms with Gasteiger partial charge in [-0.3, -0.25) is 0 Å². The van der Waals surface area contributed by atoms with Crippen LogP contribution < -0.4 is 9.86 Å². The van der Waals surface area contributed by atoms with Crippen LogP contribution in [0.1, 0.15) is 41.0 Å². The van der Waals surface area contributed by atoms with Crippen molar-refractivity contribution in [3.63, 3.8) is 0 Å². The Morgan fingerprint density at radius 2 is 1.71 bits per heavy atom. The average Bonchev–Trinajstić information content (AvgIpc) is 3.01. The number of hydrogen-bond donors (Lipinski definition) is 0. The van der Waals surface area contributed by atoms with E-state index < -0.39 is 0 Å². The van der Waals surface area contributed by atoms with Gasteiger partial charge in [-0.15, -0.1) is 15.8 Å². The summed E-state index contributed by atoms with van der Waals surface area (Å²) in [5.74, 6) is 0.874. The number of nitrogens with zero attached hydrogens (tertiary/aromatic N) is 2. The zero-order valence-electron chi connectivity index (χ0n) is 17.5. The predicted octanol–water partition coefficient (Wildman–Crippen LogP) is 7.13. The third-order valence-corrected chi connectivity index (χ3v) is 5.54. The minimum Gasteiger partial charge on any atom is -0.493 e. The lowest BCUT2D eigenvalue weighted by Crippen LogP contribution is -2.27. The fraction of sp³-hybridized carbons (Fsp3) is 0.435. The van der Waals surface area contributed by atoms with Crippen molar-refractivity contribution in [3.05, 3.63) is 42.5 Å². The van der Waals surface area contributed by atoms with Gasteiger partial charge in [0.15, 0.2) is 0 Å². The molecule has 0 amide bonds. The van der Waals surface area contributed by atoms with Crippen molar-refractivity contribution in [1.29, 1.82) is 0 Å². The molecule has 3 nitrogen and oxygen atoms in total. The molecule has 3 rings (SSSR count). The summed E-state index contributed by atoms with van der Waals surface area (Å²) < 4.78 is 20.4. The van der Waals surface area contributed by atoms with E-state index in [9.17, 15) is 4.48 Å². The first-order valence-electron chi connectivity index (χ1n) is 9.56. The average molecular weight is 401 g/mol. The van der Waals surface area contributed by atoms with E-state index in [0.29, 0.717) is 17.4 Å². The van der Waals surface area contributed by atoms with E-state index in [-0.39, 0.29) is 10.8 Å². The Hall–Kier alpha value is -2.14. The van der Waals surface area contributed by atoms with Crippen molar-refractivity contribution in [3.8, 4) is 16.3 Å². The van der Waals surface area contributed by atoms with Crippen LogP contribution in [0.3, 0.4) is 0 Å². The summed E-state index contributed by atoms with van der Waals surface area (Å²) in [6, 6.07) is 13.4. The van der Waals surface area contributed by atoms with Crippen molar-refractivity contribution < 1.29 is 9.22 Å². The highest BCUT2D eigenvalue weighted by molar-refractivity contribution is 7.21. The van der Waals surface area contributed by atoms with E-state index in [1.165, 1.54) is 7.05 Å². The van der Waals surface area contributed by atoms with Crippen LogP contribution in [0.4, 0.5) is 10.2 Å². The predicted molar refractivity (Wildman–Crippen MR) is 118 cm³/mol. The van der Waals surface area contributed by atoms with Crippen molar-refractivity contribution in [1.82, 2.24) is 4.98 Å². The second-order valence-corrected chi connectivity index (χ2v) is 10.4. The van der Waals surface area contributed by atoms with Crippen molar-refractivity contribution in [2.24, 2.45) is 10.8 Å². The molecule has 0 atom stereocenters. The highest BCUT2D eigenvalue weighted by atomic mass is 32.1. The SMILES string of the molecule is CN(F)c1ccc(-c2nc3ccc(OCC(C)(C)CC(C)(C)C)cc3s2)cc1. The first-order chi connectivity index (χ1) is 13.0. The summed E-state index contributed by atoms with van der Waals surface area (Å²) >= 11 is 1.62. The zero-order valence-corrected chi connectivity index (χ0v) is 18.4. The Bertz CT molecular complexity index is 939. The summed E-state index contributed by atoms with van der Waals surface area (Å²) in [6.45, 7) is 12.0. The Kier molecular flexibility index (Phi) is 5.67. The van der Waals surface area contributed by atoms with E-state index >= 15 is 0 Å². The van der Waals surface area contributed by atoms with Gasteiger partial charge in [0, 0.05) is 12.6 Å². The molecule has 150 valence electrons. The molecule has 3 aromatic rings. The number of rotatable bonds is 6. The number of ether oxygens (including phenoxy) is 1. The van der Waals surface area contributed by atoms with Crippen LogP contribution in [0.15, 0.2) is 42.5 Å². The smallest absolute Gasteiger partial charge is 0.124 e. The molecular formula is C23H29FN2OS. The van der Waals surface area contributed by atoms with Crippen LogP contribution in [0, 0.1) is 10.8 Å². The molecule has 0 N–H and O–H groups in total. The molecule has 0 aliphatic rings. The molecule has 0 saturated carbocycles. The highest BCUT2D eigenvalue weighted by Gasteiger charge is 2.26. The summed E-state index contributed by atoms with van der Waals surface area (Å²) in [5, 5.41) is 1.53. The standard InChI is InChI=1S/C23H29FN2OS/c1-22(2,3)14-23(4,5)15-27-18-11-12-19-20(13-18)28-21(25-19)16-7-9-17(10-8-16)26(6)24/h7-13H,14-15H2,1-6H3. The molecule has 5 heteroatoms. The van der Waals surface area contributed by atoms with Crippen molar-refractivity contribution in [2.45, 2.75) is 41.0 Å². The van der Waals surface area contributed by atoms with Crippen LogP contribution in [-0.2, 0) is 0 Å². The molecule has 0 aliphatic heterocycles. The Balaban J connectivity index is 1.75. The minimum absolute atomic E-state index is 0.109. The number of hydrogen-bond acceptors (Lipinski definition) is 4. The molecule has 0 fully saturated rings. The summed E-state index contributed by atoms with van der Waals surface area (Å²) in [4.78, 5) is 4.71. The summed E-state index contributed by atoms with van der Waals surface area (Å²) in [5.41, 5.74) is 2.85. The molecule has 28 heavy (non-hydrogen) atoms. The van der Waals surface area contributed by atoms with Gasteiger partial charge in [0.05, 0.1) is 22.5 Å². The summed E-state index contributed by atoms with van der Waals surface area (Å²) in [6.07, 6.45) is 1.09. The highest BCUT2D eigenvalue weighted by Crippen LogP contribution is 2.36. The first-order valence-corrected chi connectivity index (χ1v) is 10.4. The maximum atomic E-state index is 13.2. The number of fused-ring (bicyclic) bond motifs is 1. The van der Waals surface area contributed by atoms with E-state index in [2.05, 4.69) is 40.7 Å². The van der Waals surface area contributed by atoms with Gasteiger partial charge in [0.25, 0.3) is 0 Å². The topological polar surface area (TPSA) is 25.4 Å². The van der Waals surface area contributed by atoms with Gasteiger partial charge in [-0.05, 0) is 59.7 Å². The lowest BCUT2D eigenvalue weighted by atomic mass is 9.77. The van der Waals surface area contributed by atoms with E-state index in [1.54, 1.807) is 23.5 Å². The molecule has 1 aromatic heterocycles. The van der Waals surface area contributed by atoms with Crippen molar-refractivity contribution in [2.75, 3.05) is 18.8 Å². The molecule has 0 saturated heterocycles. The molecule has 0 bridgehead atoms. The number of aromatic nitrogens is 1. The fourth-order valence-electron chi connectivity index (χ4n) is 3.69. The summed E-state index contributed by atoms with van der Waals surface area (Å²) in [7, 11) is 1.39. The number of benzene rings is 2. The fourth-order valence-corrected chi connectivity index (χ4v) is 4.69. The Morgan fingerprint density at radius 1 is 1.04 bits per heavy atom. The van der Waals surface area contributed by atoms with Gasteiger partial charge in [-0.2, -0.15) is 0 Å². The number of thiazole rings is 1. The van der Waals surface area contributed by atoms with E-state index in [0.717, 1.165) is 33.0 Å². The maximum absolute atomic E-state index is 13.2. The second kappa shape index (κ2) is 7.70. The normalized spacial score (nSPS) is 12.4. The molecule has 2 aromatic carbocycles. The van der Waals surface area contributed by atoms with Crippen LogP contribution in [0.2, 0.25) is 0 Å². The Morgan fingerprint density at radius 3 is 2.32 bits per heavy atom. The lowest BCUT2D eigenvalue weighted by Gasteiger charge is -2.32. The maximum Gasteiger partial charge on any atom is 0.124 e. The monoisotopic (exact) mass is 400 g/mol. The van der Waals surface area contributed by atoms with Gasteiger partial charge in [-0.25, -0.2) is 10.1 Å². The van der Waals surface area contributed by atoms with Crippen LogP contribution in [0.25, 0.3) is 20.8 Å². The van der Waals surface area contributed by atoms with Gasteiger partial charge >= 0.3 is 0 Å². The third-order valence-electron chi connectivity index (χ3n) is 4.47. The lowest BCUT2D eigenvalue weighted by molar-refractivity contribution is 0.125. The Labute approximate surface area is 171 Å². The molecule has 1 heterocycles. The first kappa shape index (κ1) is 20.6. The van der Waals surface area contributed by atoms with E-state index in [4.69, 9.17) is 9.72 Å². The third kappa shape index (κ3) is 5.22. The molecule has 0 aliphatic carbocycles. The quantitative estimate of drug-likeness (QED) is 0.412. The largest absolute Gasteiger partial charge is 0.493 e. The minimum atomic E-state index is 0.109. The molecule has 0 unspecified atom stereocenters. The van der Waals surface area contributed by atoms with Gasteiger partial charge in [0.1, 0.15) is 10.8 Å². The molecular weight excluding hydrogens is 371 g/mol. The van der Waals surface area contributed by atoms with Crippen LogP contribution >= 0.6 is 11.3 Å². The van der Waals surface area contributed by atoms with Gasteiger partial charge in [0.2, 0.25) is 0 Å². The van der Waals surface area contributed by atoms with Crippen LogP contribution in [-0.4, -0.2) is 18.6 Å². The zero-order chi connectivity index (χ0) is 20.5. The van der Waals surface area contributed by atoms with E-state index in [1.807, 2.05) is 24.3 Å². The van der Waals surface area contributed by atoms with Crippen LogP contribution in [0.5, 0.6) is 5.75 Å². The molecule has 0 spiro atoms. The second-order valence-electron chi connectivity index (χ2n) is 9.36. The molecule has 0 radical (unpaired) electrons.